The van der Waals surface area contributed by atoms with Crippen LogP contribution in [0, 0.1) is 12.3 Å². The quantitative estimate of drug-likeness (QED) is 0.0351. The van der Waals surface area contributed by atoms with E-state index >= 15 is 0 Å². The Bertz CT molecular complexity index is 2550. The number of rotatable bonds is 19. The largest absolute Gasteiger partial charge is 0.497 e. The van der Waals surface area contributed by atoms with Gasteiger partial charge in [0, 0.05) is 30.9 Å². The van der Waals surface area contributed by atoms with E-state index in [1.54, 1.807) is 26.0 Å². The smallest absolute Gasteiger partial charge is 0.226 e. The molecule has 64 heavy (non-hydrogen) atoms. The first-order valence-corrected chi connectivity index (χ1v) is 22.4. The van der Waals surface area contributed by atoms with Crippen LogP contribution in [0.4, 0.5) is 5.82 Å². The topological polar surface area (TPSA) is 130 Å². The number of ether oxygens (including phenoxy) is 4. The molecule has 1 saturated heterocycles. The monoisotopic (exact) mass is 873 g/mol. The van der Waals surface area contributed by atoms with Gasteiger partial charge in [0.2, 0.25) is 5.91 Å². The van der Waals surface area contributed by atoms with Crippen molar-refractivity contribution in [2.75, 3.05) is 31.9 Å². The van der Waals surface area contributed by atoms with E-state index in [0.29, 0.717) is 40.1 Å². The summed E-state index contributed by atoms with van der Waals surface area (Å²) in [6.07, 6.45) is 7.55. The molecule has 326 valence electrons. The van der Waals surface area contributed by atoms with Gasteiger partial charge in [-0.3, -0.25) is 9.36 Å². The maximum Gasteiger partial charge on any atom is 0.226 e. The van der Waals surface area contributed by atoms with Crippen molar-refractivity contribution in [2.45, 2.75) is 67.2 Å². The third-order valence-corrected chi connectivity index (χ3v) is 12.6. The highest BCUT2D eigenvalue weighted by Crippen LogP contribution is 2.44. The average Bonchev–Trinajstić information content (AvgIpc) is 3.91. The van der Waals surface area contributed by atoms with Crippen molar-refractivity contribution in [3.05, 3.63) is 174 Å². The number of aromatic nitrogens is 4. The lowest BCUT2D eigenvalue weighted by Gasteiger charge is -2.37. The number of unbranched alkanes of at least 4 members (excludes halogenated alkanes) is 2. The molecule has 0 bridgehead atoms. The van der Waals surface area contributed by atoms with Crippen LogP contribution in [-0.2, 0) is 19.9 Å². The van der Waals surface area contributed by atoms with Gasteiger partial charge in [-0.2, -0.15) is 0 Å². The molecule has 0 spiro atoms. The zero-order chi connectivity index (χ0) is 44.3. The standard InChI is InChI=1S/C52H51N5O6S/c1-4-5-6-16-31-64-51-56-48-49(55-46(59)32-43(36-17-10-7-11-18-36)37-19-12-8-13-20-37)53-35-54-50(48)57(51)47-33-44(58)45(63-47)34-62-52(38-21-14-9-15-22-38,39-23-27-41(60-2)28-24-39)40-25-29-42(61-3)30-26-40/h1,7-15,17-30,35,43-45,47,58H,5-6,16,31-34H2,2-3H3,(H,53,54,55,59). The lowest BCUT2D eigenvalue weighted by Crippen LogP contribution is -2.38. The Morgan fingerprint density at radius 3 is 2.00 bits per heavy atom. The van der Waals surface area contributed by atoms with Crippen LogP contribution < -0.4 is 14.8 Å². The number of imidazole rings is 1. The number of fused-ring (bicyclic) bond motifs is 1. The molecule has 1 fully saturated rings. The number of amides is 1. The summed E-state index contributed by atoms with van der Waals surface area (Å²) in [6.45, 7) is 0.0338. The molecule has 2 aromatic heterocycles. The number of carbonyl (C=O) groups is 1. The van der Waals surface area contributed by atoms with Crippen LogP contribution >= 0.6 is 11.8 Å². The molecule has 0 aliphatic carbocycles. The number of nitrogens with zero attached hydrogens (tertiary/aromatic N) is 4. The molecular formula is C52H51N5O6S. The van der Waals surface area contributed by atoms with Gasteiger partial charge in [0.15, 0.2) is 22.1 Å². The van der Waals surface area contributed by atoms with E-state index in [1.165, 1.54) is 6.33 Å². The molecule has 1 aliphatic heterocycles. The van der Waals surface area contributed by atoms with E-state index in [1.807, 2.05) is 144 Å². The van der Waals surface area contributed by atoms with E-state index in [-0.39, 0.29) is 31.3 Å². The first kappa shape index (κ1) is 44.1. The van der Waals surface area contributed by atoms with Gasteiger partial charge in [0.25, 0.3) is 0 Å². The summed E-state index contributed by atoms with van der Waals surface area (Å²) in [5.41, 5.74) is 4.49. The third kappa shape index (κ3) is 9.68. The van der Waals surface area contributed by atoms with Crippen molar-refractivity contribution < 1.29 is 28.8 Å². The van der Waals surface area contributed by atoms with Crippen LogP contribution in [0.3, 0.4) is 0 Å². The summed E-state index contributed by atoms with van der Waals surface area (Å²) in [4.78, 5) is 28.2. The number of benzene rings is 5. The number of aliphatic hydroxyl groups is 1. The van der Waals surface area contributed by atoms with Gasteiger partial charge >= 0.3 is 0 Å². The van der Waals surface area contributed by atoms with Gasteiger partial charge in [-0.05, 0) is 64.9 Å². The second-order valence-electron chi connectivity index (χ2n) is 15.5. The molecule has 8 rings (SSSR count). The minimum Gasteiger partial charge on any atom is -0.497 e. The number of methoxy groups -OCH3 is 2. The van der Waals surface area contributed by atoms with E-state index in [4.69, 9.17) is 35.3 Å². The van der Waals surface area contributed by atoms with E-state index in [0.717, 1.165) is 46.4 Å². The fourth-order valence-corrected chi connectivity index (χ4v) is 9.34. The lowest BCUT2D eigenvalue weighted by molar-refractivity contribution is -0.116. The summed E-state index contributed by atoms with van der Waals surface area (Å²) < 4.78 is 26.9. The number of hydrogen-bond acceptors (Lipinski definition) is 10. The highest BCUT2D eigenvalue weighted by molar-refractivity contribution is 7.99. The maximum absolute atomic E-state index is 13.9. The van der Waals surface area contributed by atoms with Crippen molar-refractivity contribution in [2.24, 2.45) is 0 Å². The normalized spacial score (nSPS) is 16.1. The van der Waals surface area contributed by atoms with Crippen LogP contribution in [0.2, 0.25) is 0 Å². The highest BCUT2D eigenvalue weighted by atomic mass is 32.2. The Morgan fingerprint density at radius 1 is 0.844 bits per heavy atom. The average molecular weight is 874 g/mol. The van der Waals surface area contributed by atoms with Crippen LogP contribution in [0.25, 0.3) is 11.2 Å². The van der Waals surface area contributed by atoms with Crippen LogP contribution in [0.1, 0.15) is 72.1 Å². The minimum absolute atomic E-state index is 0.0338. The predicted molar refractivity (Wildman–Crippen MR) is 250 cm³/mol. The Morgan fingerprint density at radius 2 is 1.42 bits per heavy atom. The number of terminal acetylenes is 1. The molecule has 5 aromatic carbocycles. The number of nitrogens with one attached hydrogen (secondary N) is 1. The van der Waals surface area contributed by atoms with Crippen LogP contribution in [-0.4, -0.2) is 69.3 Å². The second kappa shape index (κ2) is 20.8. The zero-order valence-corrected chi connectivity index (χ0v) is 36.7. The fourth-order valence-electron chi connectivity index (χ4n) is 8.31. The molecule has 2 N–H and O–H groups in total. The van der Waals surface area contributed by atoms with Crippen molar-refractivity contribution >= 4 is 34.7 Å². The molecular weight excluding hydrogens is 823 g/mol. The summed E-state index contributed by atoms with van der Waals surface area (Å²) in [5.74, 6) is 4.80. The second-order valence-corrected chi connectivity index (χ2v) is 16.6. The number of carbonyl (C=O) groups excluding carboxylic acids is 1. The minimum atomic E-state index is -1.11. The highest BCUT2D eigenvalue weighted by Gasteiger charge is 2.43. The third-order valence-electron chi connectivity index (χ3n) is 11.6. The number of aliphatic hydroxyl groups excluding tert-OH is 1. The zero-order valence-electron chi connectivity index (χ0n) is 35.9. The first-order chi connectivity index (χ1) is 31.4. The van der Waals surface area contributed by atoms with E-state index < -0.39 is 24.0 Å². The van der Waals surface area contributed by atoms with Crippen LogP contribution in [0.15, 0.2) is 151 Å². The van der Waals surface area contributed by atoms with Gasteiger partial charge in [-0.25, -0.2) is 15.0 Å². The molecule has 3 heterocycles. The molecule has 1 amide bonds. The molecule has 11 nitrogen and oxygen atoms in total. The van der Waals surface area contributed by atoms with E-state index in [9.17, 15) is 9.90 Å². The lowest BCUT2D eigenvalue weighted by atomic mass is 9.80. The molecule has 12 heteroatoms. The van der Waals surface area contributed by atoms with E-state index in [2.05, 4.69) is 16.2 Å². The molecule has 3 unspecified atom stereocenters. The van der Waals surface area contributed by atoms with Crippen molar-refractivity contribution in [3.8, 4) is 23.8 Å². The first-order valence-electron chi connectivity index (χ1n) is 21.4. The van der Waals surface area contributed by atoms with Crippen molar-refractivity contribution in [1.82, 2.24) is 19.5 Å². The maximum atomic E-state index is 13.9. The molecule has 1 aliphatic rings. The Labute approximate surface area is 378 Å². The summed E-state index contributed by atoms with van der Waals surface area (Å²) in [7, 11) is 3.28. The Hall–Kier alpha value is -6.49. The van der Waals surface area contributed by atoms with Gasteiger partial charge < -0.3 is 29.4 Å². The molecule has 0 saturated carbocycles. The van der Waals surface area contributed by atoms with Gasteiger partial charge in [-0.15, -0.1) is 12.3 Å². The van der Waals surface area contributed by atoms with Crippen molar-refractivity contribution in [1.29, 1.82) is 0 Å². The van der Waals surface area contributed by atoms with Crippen LogP contribution in [0.5, 0.6) is 11.5 Å². The Balaban J connectivity index is 1.10. The number of thioether (sulfide) groups is 1. The summed E-state index contributed by atoms with van der Waals surface area (Å²) in [5, 5.41) is 15.5. The molecule has 0 radical (unpaired) electrons. The van der Waals surface area contributed by atoms with Gasteiger partial charge in [0.1, 0.15) is 35.8 Å². The summed E-state index contributed by atoms with van der Waals surface area (Å²) >= 11 is 1.55. The predicted octanol–water partition coefficient (Wildman–Crippen LogP) is 9.56. The van der Waals surface area contributed by atoms with Crippen molar-refractivity contribution in [3.63, 3.8) is 0 Å². The van der Waals surface area contributed by atoms with Gasteiger partial charge in [0.05, 0.1) is 26.9 Å². The number of hydrogen-bond donors (Lipinski definition) is 2. The Kier molecular flexibility index (Phi) is 14.3. The molecule has 7 aromatic rings. The van der Waals surface area contributed by atoms with Gasteiger partial charge in [-0.1, -0.05) is 127 Å². The number of anilines is 1. The molecule has 3 atom stereocenters. The summed E-state index contributed by atoms with van der Waals surface area (Å²) in [6, 6.07) is 45.7. The SMILES string of the molecule is C#CCCCCSc1nc2c(NC(=O)CC(c3ccccc3)c3ccccc3)ncnc2n1C1CC(O)C(COC(c2ccccc2)(c2ccc(OC)cc2)c2ccc(OC)cc2)O1. The fraction of sp³-hybridized carbons (Fsp3) is 0.269.